The van der Waals surface area contributed by atoms with E-state index in [1.165, 1.54) is 18.2 Å². The molecule has 1 amide bonds. The van der Waals surface area contributed by atoms with E-state index in [9.17, 15) is 9.59 Å². The number of ether oxygens (including phenoxy) is 1. The van der Waals surface area contributed by atoms with Crippen LogP contribution in [-0.2, 0) is 20.7 Å². The number of likely N-dealkylation sites (N-methyl/N-ethyl adjacent to an activating group) is 1. The van der Waals surface area contributed by atoms with E-state index in [0.717, 1.165) is 19.3 Å². The second-order valence-electron chi connectivity index (χ2n) is 6.62. The van der Waals surface area contributed by atoms with Gasteiger partial charge in [0.25, 0.3) is 0 Å². The first-order valence-corrected chi connectivity index (χ1v) is 8.63. The van der Waals surface area contributed by atoms with Crippen molar-refractivity contribution in [1.29, 1.82) is 0 Å². The van der Waals surface area contributed by atoms with Crippen LogP contribution >= 0.6 is 0 Å². The van der Waals surface area contributed by atoms with Gasteiger partial charge in [0.05, 0.1) is 13.7 Å². The van der Waals surface area contributed by atoms with Gasteiger partial charge in [0.15, 0.2) is 0 Å². The van der Waals surface area contributed by atoms with Crippen molar-refractivity contribution >= 4 is 11.9 Å². The number of rotatable bonds is 7. The molecule has 1 aromatic carbocycles. The van der Waals surface area contributed by atoms with E-state index < -0.39 is 6.04 Å². The van der Waals surface area contributed by atoms with Crippen LogP contribution < -0.4 is 5.32 Å². The summed E-state index contributed by atoms with van der Waals surface area (Å²) in [5.74, 6) is -0.483. The van der Waals surface area contributed by atoms with E-state index in [-0.39, 0.29) is 30.4 Å². The number of benzene rings is 1. The molecule has 0 saturated carbocycles. The van der Waals surface area contributed by atoms with Crippen LogP contribution in [0.15, 0.2) is 24.3 Å². The molecule has 0 aliphatic heterocycles. The van der Waals surface area contributed by atoms with Crippen molar-refractivity contribution in [2.24, 2.45) is 5.92 Å². The van der Waals surface area contributed by atoms with Crippen LogP contribution in [0.4, 0.5) is 0 Å². The highest BCUT2D eigenvalue weighted by Gasteiger charge is 2.29. The molecule has 3 unspecified atom stereocenters. The Morgan fingerprint density at radius 1 is 1.38 bits per heavy atom. The predicted molar refractivity (Wildman–Crippen MR) is 93.5 cm³/mol. The molecule has 0 radical (unpaired) electrons. The molecule has 0 bridgehead atoms. The molecule has 0 fully saturated rings. The van der Waals surface area contributed by atoms with Crippen LogP contribution in [0, 0.1) is 5.92 Å². The van der Waals surface area contributed by atoms with Gasteiger partial charge in [-0.1, -0.05) is 44.5 Å². The molecule has 1 aliphatic carbocycles. The van der Waals surface area contributed by atoms with Crippen LogP contribution in [-0.4, -0.2) is 43.5 Å². The normalized spacial score (nSPS) is 18.8. The average Bonchev–Trinajstić information content (AvgIpc) is 3.02. The number of nitrogens with zero attached hydrogens (tertiary/aromatic N) is 1. The molecule has 132 valence electrons. The Balaban J connectivity index is 1.97. The molecular weight excluding hydrogens is 304 g/mol. The third-order valence-electron chi connectivity index (χ3n) is 5.01. The molecule has 2 rings (SSSR count). The Bertz CT molecular complexity index is 588. The lowest BCUT2D eigenvalue weighted by atomic mass is 9.99. The van der Waals surface area contributed by atoms with Gasteiger partial charge in [0, 0.05) is 6.04 Å². The Morgan fingerprint density at radius 2 is 2.08 bits per heavy atom. The molecule has 0 spiro atoms. The van der Waals surface area contributed by atoms with Crippen LogP contribution in [0.2, 0.25) is 0 Å². The summed E-state index contributed by atoms with van der Waals surface area (Å²) in [5, 5.41) is 2.84. The van der Waals surface area contributed by atoms with E-state index in [4.69, 9.17) is 4.74 Å². The maximum Gasteiger partial charge on any atom is 0.328 e. The first-order valence-electron chi connectivity index (χ1n) is 8.63. The highest BCUT2D eigenvalue weighted by molar-refractivity contribution is 5.85. The summed E-state index contributed by atoms with van der Waals surface area (Å²) >= 11 is 0. The number of aryl methyl sites for hydroxylation is 1. The standard InChI is InChI=1S/C19H28N2O3/c1-5-13(2)18(19(23)24-4)20-17(22)12-21(3)16-11-10-14-8-6-7-9-15(14)16/h6-9,13,16,18H,5,10-12H2,1-4H3,(H,20,22). The van der Waals surface area contributed by atoms with Gasteiger partial charge in [0.2, 0.25) is 5.91 Å². The maximum absolute atomic E-state index is 12.4. The van der Waals surface area contributed by atoms with Gasteiger partial charge in [-0.05, 0) is 36.9 Å². The topological polar surface area (TPSA) is 58.6 Å². The van der Waals surface area contributed by atoms with Crippen molar-refractivity contribution in [3.63, 3.8) is 0 Å². The van der Waals surface area contributed by atoms with Gasteiger partial charge in [-0.2, -0.15) is 0 Å². The largest absolute Gasteiger partial charge is 0.467 e. The van der Waals surface area contributed by atoms with Gasteiger partial charge in [0.1, 0.15) is 6.04 Å². The van der Waals surface area contributed by atoms with Gasteiger partial charge in [-0.25, -0.2) is 4.79 Å². The molecule has 0 heterocycles. The smallest absolute Gasteiger partial charge is 0.328 e. The lowest BCUT2D eigenvalue weighted by Crippen LogP contribution is -2.48. The second kappa shape index (κ2) is 8.29. The second-order valence-corrected chi connectivity index (χ2v) is 6.62. The van der Waals surface area contributed by atoms with Crippen molar-refractivity contribution in [1.82, 2.24) is 10.2 Å². The SMILES string of the molecule is CCC(C)C(NC(=O)CN(C)C1CCc2ccccc21)C(=O)OC. The predicted octanol–water partition coefficient (Wildman–Crippen LogP) is 2.31. The summed E-state index contributed by atoms with van der Waals surface area (Å²) in [6, 6.07) is 8.06. The first kappa shape index (κ1) is 18.5. The highest BCUT2D eigenvalue weighted by atomic mass is 16.5. The molecule has 24 heavy (non-hydrogen) atoms. The monoisotopic (exact) mass is 332 g/mol. The molecule has 1 N–H and O–H groups in total. The summed E-state index contributed by atoms with van der Waals surface area (Å²) in [4.78, 5) is 26.4. The van der Waals surface area contributed by atoms with E-state index in [2.05, 4.69) is 28.4 Å². The zero-order chi connectivity index (χ0) is 17.7. The van der Waals surface area contributed by atoms with E-state index in [1.807, 2.05) is 27.0 Å². The van der Waals surface area contributed by atoms with Crippen molar-refractivity contribution < 1.29 is 14.3 Å². The summed E-state index contributed by atoms with van der Waals surface area (Å²) in [6.45, 7) is 4.20. The fraction of sp³-hybridized carbons (Fsp3) is 0.579. The van der Waals surface area contributed by atoms with E-state index >= 15 is 0 Å². The number of nitrogens with one attached hydrogen (secondary N) is 1. The number of hydrogen-bond donors (Lipinski definition) is 1. The molecular formula is C19H28N2O3. The molecule has 3 atom stereocenters. The number of esters is 1. The Kier molecular flexibility index (Phi) is 6.37. The number of fused-ring (bicyclic) bond motifs is 1. The maximum atomic E-state index is 12.4. The van der Waals surface area contributed by atoms with Crippen LogP contribution in [0.25, 0.3) is 0 Å². The Hall–Kier alpha value is -1.88. The van der Waals surface area contributed by atoms with Crippen LogP contribution in [0.5, 0.6) is 0 Å². The molecule has 0 saturated heterocycles. The molecule has 5 nitrogen and oxygen atoms in total. The van der Waals surface area contributed by atoms with Gasteiger partial charge < -0.3 is 10.1 Å². The molecule has 5 heteroatoms. The van der Waals surface area contributed by atoms with E-state index in [0.29, 0.717) is 0 Å². The summed E-state index contributed by atoms with van der Waals surface area (Å²) in [5.41, 5.74) is 2.67. The number of methoxy groups -OCH3 is 1. The summed E-state index contributed by atoms with van der Waals surface area (Å²) in [6.07, 6.45) is 2.87. The van der Waals surface area contributed by atoms with Crippen molar-refractivity contribution in [3.8, 4) is 0 Å². The van der Waals surface area contributed by atoms with Gasteiger partial charge in [-0.3, -0.25) is 9.69 Å². The lowest BCUT2D eigenvalue weighted by molar-refractivity contribution is -0.146. The Labute approximate surface area is 144 Å². The number of carbonyl (C=O) groups excluding carboxylic acids is 2. The average molecular weight is 332 g/mol. The quantitative estimate of drug-likeness (QED) is 0.779. The van der Waals surface area contributed by atoms with Crippen LogP contribution in [0.3, 0.4) is 0 Å². The third-order valence-corrected chi connectivity index (χ3v) is 5.01. The lowest BCUT2D eigenvalue weighted by Gasteiger charge is -2.27. The molecule has 0 aromatic heterocycles. The Morgan fingerprint density at radius 3 is 2.75 bits per heavy atom. The minimum atomic E-state index is -0.586. The first-order chi connectivity index (χ1) is 11.5. The van der Waals surface area contributed by atoms with Crippen molar-refractivity contribution in [2.45, 2.75) is 45.2 Å². The third kappa shape index (κ3) is 4.15. The van der Waals surface area contributed by atoms with Gasteiger partial charge >= 0.3 is 5.97 Å². The zero-order valence-corrected chi connectivity index (χ0v) is 15.0. The van der Waals surface area contributed by atoms with E-state index in [1.54, 1.807) is 0 Å². The highest BCUT2D eigenvalue weighted by Crippen LogP contribution is 2.34. The fourth-order valence-electron chi connectivity index (χ4n) is 3.34. The minimum absolute atomic E-state index is 0.0407. The number of carbonyl (C=O) groups is 2. The molecule has 1 aliphatic rings. The van der Waals surface area contributed by atoms with Crippen LogP contribution in [0.1, 0.15) is 43.9 Å². The molecule has 1 aromatic rings. The van der Waals surface area contributed by atoms with Crippen molar-refractivity contribution in [3.05, 3.63) is 35.4 Å². The number of amides is 1. The fourth-order valence-corrected chi connectivity index (χ4v) is 3.34. The summed E-state index contributed by atoms with van der Waals surface area (Å²) < 4.78 is 4.82. The zero-order valence-electron chi connectivity index (χ0n) is 15.0. The number of hydrogen-bond acceptors (Lipinski definition) is 4. The summed E-state index contributed by atoms with van der Waals surface area (Å²) in [7, 11) is 3.31. The van der Waals surface area contributed by atoms with Crippen molar-refractivity contribution in [2.75, 3.05) is 20.7 Å². The minimum Gasteiger partial charge on any atom is -0.467 e. The van der Waals surface area contributed by atoms with Gasteiger partial charge in [-0.15, -0.1) is 0 Å².